The second-order valence-electron chi connectivity index (χ2n) is 4.72. The lowest BCUT2D eigenvalue weighted by atomic mass is 10.0. The van der Waals surface area contributed by atoms with E-state index in [0.29, 0.717) is 5.75 Å². The second kappa shape index (κ2) is 6.05. The molecule has 110 valence electrons. The molecule has 1 atom stereocenters. The number of nitrogens with zero attached hydrogens (tertiary/aromatic N) is 1. The van der Waals surface area contributed by atoms with Gasteiger partial charge in [0, 0.05) is 23.1 Å². The number of aliphatic carboxylic acids is 1. The summed E-state index contributed by atoms with van der Waals surface area (Å²) in [7, 11) is 0. The first-order valence-corrected chi connectivity index (χ1v) is 7.06. The molecule has 1 aliphatic rings. The smallest absolute Gasteiger partial charge is 0.401 e. The van der Waals surface area contributed by atoms with E-state index in [2.05, 4.69) is 0 Å². The molecule has 1 aliphatic heterocycles. The summed E-state index contributed by atoms with van der Waals surface area (Å²) >= 11 is 1.60. The van der Waals surface area contributed by atoms with Crippen LogP contribution in [0.3, 0.4) is 0 Å². The van der Waals surface area contributed by atoms with E-state index in [1.165, 1.54) is 0 Å². The summed E-state index contributed by atoms with van der Waals surface area (Å²) in [5, 5.41) is 8.74. The van der Waals surface area contributed by atoms with Crippen LogP contribution >= 0.6 is 11.8 Å². The number of carbonyl (C=O) groups is 1. The Morgan fingerprint density at radius 2 is 2.10 bits per heavy atom. The quantitative estimate of drug-likeness (QED) is 0.908. The average Bonchev–Trinajstić information content (AvgIpc) is 2.70. The first-order valence-electron chi connectivity index (χ1n) is 6.08. The fraction of sp³-hybridized carbons (Fsp3) is 0.462. The van der Waals surface area contributed by atoms with Crippen molar-refractivity contribution in [3.8, 4) is 0 Å². The average molecular weight is 305 g/mol. The van der Waals surface area contributed by atoms with Crippen LogP contribution in [0, 0.1) is 0 Å². The first-order chi connectivity index (χ1) is 9.35. The predicted octanol–water partition coefficient (Wildman–Crippen LogP) is 2.82. The number of halogens is 3. The molecule has 2 rings (SSSR count). The molecule has 0 saturated heterocycles. The Hall–Kier alpha value is -1.21. The van der Waals surface area contributed by atoms with Gasteiger partial charge in [-0.3, -0.25) is 9.69 Å². The minimum Gasteiger partial charge on any atom is -0.480 e. The number of hydrogen-bond donors (Lipinski definition) is 1. The lowest BCUT2D eigenvalue weighted by molar-refractivity contribution is -0.154. The molecule has 1 heterocycles. The summed E-state index contributed by atoms with van der Waals surface area (Å²) in [6.45, 7) is -1.68. The number of thioether (sulfide) groups is 1. The summed E-state index contributed by atoms with van der Waals surface area (Å²) < 4.78 is 37.5. The van der Waals surface area contributed by atoms with E-state index in [-0.39, 0.29) is 12.5 Å². The van der Waals surface area contributed by atoms with Gasteiger partial charge in [0.15, 0.2) is 0 Å². The predicted molar refractivity (Wildman–Crippen MR) is 70.0 cm³/mol. The van der Waals surface area contributed by atoms with Gasteiger partial charge in [-0.1, -0.05) is 18.2 Å². The Morgan fingerprint density at radius 1 is 1.40 bits per heavy atom. The Bertz CT molecular complexity index is 493. The highest BCUT2D eigenvalue weighted by Crippen LogP contribution is 2.39. The van der Waals surface area contributed by atoms with E-state index in [4.69, 9.17) is 5.11 Å². The van der Waals surface area contributed by atoms with E-state index in [0.717, 1.165) is 15.4 Å². The summed E-state index contributed by atoms with van der Waals surface area (Å²) in [5.74, 6) is -0.612. The van der Waals surface area contributed by atoms with Gasteiger partial charge in [-0.2, -0.15) is 13.2 Å². The van der Waals surface area contributed by atoms with Crippen LogP contribution in [0.15, 0.2) is 29.2 Å². The van der Waals surface area contributed by atoms with Crippen molar-refractivity contribution in [1.82, 2.24) is 4.90 Å². The highest BCUT2D eigenvalue weighted by molar-refractivity contribution is 7.99. The molecule has 0 amide bonds. The molecule has 0 spiro atoms. The van der Waals surface area contributed by atoms with Crippen molar-refractivity contribution >= 4 is 17.7 Å². The molecule has 0 fully saturated rings. The van der Waals surface area contributed by atoms with E-state index < -0.39 is 25.2 Å². The van der Waals surface area contributed by atoms with Crippen LogP contribution in [0.2, 0.25) is 0 Å². The fourth-order valence-electron chi connectivity index (χ4n) is 2.32. The summed E-state index contributed by atoms with van der Waals surface area (Å²) in [6.07, 6.45) is -4.39. The lowest BCUT2D eigenvalue weighted by Crippen LogP contribution is -2.40. The zero-order valence-corrected chi connectivity index (χ0v) is 11.4. The third-order valence-electron chi connectivity index (χ3n) is 3.04. The van der Waals surface area contributed by atoms with Crippen LogP contribution in [0.4, 0.5) is 13.2 Å². The van der Waals surface area contributed by atoms with Gasteiger partial charge in [0.2, 0.25) is 0 Å². The number of rotatable bonds is 5. The normalized spacial score (nSPS) is 18.3. The zero-order chi connectivity index (χ0) is 14.8. The van der Waals surface area contributed by atoms with Crippen LogP contribution in [-0.2, 0) is 4.79 Å². The van der Waals surface area contributed by atoms with Crippen molar-refractivity contribution in [2.75, 3.05) is 25.4 Å². The van der Waals surface area contributed by atoms with Gasteiger partial charge in [-0.05, 0) is 11.6 Å². The van der Waals surface area contributed by atoms with Gasteiger partial charge in [0.25, 0.3) is 0 Å². The van der Waals surface area contributed by atoms with Gasteiger partial charge in [0.05, 0.1) is 13.1 Å². The lowest BCUT2D eigenvalue weighted by Gasteiger charge is -2.25. The summed E-state index contributed by atoms with van der Waals surface area (Å²) in [4.78, 5) is 12.7. The van der Waals surface area contributed by atoms with Crippen LogP contribution < -0.4 is 0 Å². The van der Waals surface area contributed by atoms with E-state index >= 15 is 0 Å². The number of carboxylic acids is 1. The molecule has 1 N–H and O–H groups in total. The Kier molecular flexibility index (Phi) is 4.59. The van der Waals surface area contributed by atoms with Crippen molar-refractivity contribution < 1.29 is 23.1 Å². The largest absolute Gasteiger partial charge is 0.480 e. The van der Waals surface area contributed by atoms with Crippen LogP contribution in [-0.4, -0.2) is 47.5 Å². The van der Waals surface area contributed by atoms with Crippen molar-refractivity contribution in [3.63, 3.8) is 0 Å². The number of alkyl halides is 3. The Balaban J connectivity index is 2.07. The molecular weight excluding hydrogens is 291 g/mol. The third kappa shape index (κ3) is 4.14. The molecule has 0 aromatic heterocycles. The molecule has 20 heavy (non-hydrogen) atoms. The van der Waals surface area contributed by atoms with E-state index in [1.54, 1.807) is 11.8 Å². The molecule has 0 saturated carbocycles. The van der Waals surface area contributed by atoms with Gasteiger partial charge in [0.1, 0.15) is 0 Å². The molecule has 0 radical (unpaired) electrons. The van der Waals surface area contributed by atoms with Crippen LogP contribution in [0.1, 0.15) is 11.5 Å². The van der Waals surface area contributed by atoms with Crippen molar-refractivity contribution in [3.05, 3.63) is 29.8 Å². The number of hydrogen-bond acceptors (Lipinski definition) is 3. The molecular formula is C13H14F3NO2S. The molecule has 0 bridgehead atoms. The molecule has 7 heteroatoms. The van der Waals surface area contributed by atoms with Crippen LogP contribution in [0.5, 0.6) is 0 Å². The number of carboxylic acid groups (broad SMARTS) is 1. The number of benzene rings is 1. The van der Waals surface area contributed by atoms with E-state index in [9.17, 15) is 18.0 Å². The minimum atomic E-state index is -4.39. The summed E-state index contributed by atoms with van der Waals surface area (Å²) in [5.41, 5.74) is 1.01. The topological polar surface area (TPSA) is 40.5 Å². The highest BCUT2D eigenvalue weighted by atomic mass is 32.2. The van der Waals surface area contributed by atoms with Gasteiger partial charge in [-0.25, -0.2) is 0 Å². The minimum absolute atomic E-state index is 0.0575. The Labute approximate surface area is 118 Å². The second-order valence-corrected chi connectivity index (χ2v) is 5.79. The van der Waals surface area contributed by atoms with Crippen molar-refractivity contribution in [2.24, 2.45) is 0 Å². The third-order valence-corrected chi connectivity index (χ3v) is 4.29. The van der Waals surface area contributed by atoms with Gasteiger partial charge >= 0.3 is 12.1 Å². The SMILES string of the molecule is O=C(O)CN(CC1CSc2ccccc21)CC(F)(F)F. The van der Waals surface area contributed by atoms with Crippen molar-refractivity contribution in [1.29, 1.82) is 0 Å². The zero-order valence-electron chi connectivity index (χ0n) is 10.6. The van der Waals surface area contributed by atoms with Crippen molar-refractivity contribution in [2.45, 2.75) is 17.0 Å². The maximum absolute atomic E-state index is 12.5. The molecule has 1 unspecified atom stereocenters. The monoisotopic (exact) mass is 305 g/mol. The Morgan fingerprint density at radius 3 is 2.75 bits per heavy atom. The molecule has 0 aliphatic carbocycles. The standard InChI is InChI=1S/C13H14F3NO2S/c14-13(15,16)8-17(6-12(18)19)5-9-7-20-11-4-2-1-3-10(9)11/h1-4,9H,5-8H2,(H,18,19). The maximum Gasteiger partial charge on any atom is 0.401 e. The first kappa shape index (κ1) is 15.2. The molecule has 1 aromatic rings. The number of fused-ring (bicyclic) bond motifs is 1. The van der Waals surface area contributed by atoms with Gasteiger partial charge < -0.3 is 5.11 Å². The van der Waals surface area contributed by atoms with Crippen LogP contribution in [0.25, 0.3) is 0 Å². The molecule has 1 aromatic carbocycles. The maximum atomic E-state index is 12.5. The van der Waals surface area contributed by atoms with E-state index in [1.807, 2.05) is 24.3 Å². The van der Waals surface area contributed by atoms with Gasteiger partial charge in [-0.15, -0.1) is 11.8 Å². The molecule has 3 nitrogen and oxygen atoms in total. The summed E-state index contributed by atoms with van der Waals surface area (Å²) in [6, 6.07) is 7.57. The highest BCUT2D eigenvalue weighted by Gasteiger charge is 2.34. The fourth-order valence-corrected chi connectivity index (χ4v) is 3.56.